The third-order valence-corrected chi connectivity index (χ3v) is 4.92. The van der Waals surface area contributed by atoms with E-state index in [1.165, 1.54) is 23.2 Å². The van der Waals surface area contributed by atoms with Gasteiger partial charge >= 0.3 is 0 Å². The highest BCUT2D eigenvalue weighted by Crippen LogP contribution is 2.37. The van der Waals surface area contributed by atoms with Crippen molar-refractivity contribution in [3.8, 4) is 11.1 Å². The maximum Gasteiger partial charge on any atom is 0.0953 e. The highest BCUT2D eigenvalue weighted by atomic mass is 35.5. The van der Waals surface area contributed by atoms with E-state index in [9.17, 15) is 0 Å². The highest BCUT2D eigenvalue weighted by molar-refractivity contribution is 6.35. The molecule has 0 amide bonds. The van der Waals surface area contributed by atoms with Crippen molar-refractivity contribution in [3.05, 3.63) is 76.3 Å². The Bertz CT molecular complexity index is 834. The first-order valence-corrected chi connectivity index (χ1v) is 8.54. The lowest BCUT2D eigenvalue weighted by Gasteiger charge is -2.27. The van der Waals surface area contributed by atoms with E-state index in [2.05, 4.69) is 33.8 Å². The van der Waals surface area contributed by atoms with Crippen molar-refractivity contribution in [2.75, 3.05) is 0 Å². The van der Waals surface area contributed by atoms with Crippen LogP contribution < -0.4 is 0 Å². The topological polar surface area (TPSA) is 17.8 Å². The second-order valence-corrected chi connectivity index (χ2v) is 6.82. The lowest BCUT2D eigenvalue weighted by atomic mass is 9.90. The molecule has 0 saturated heterocycles. The van der Waals surface area contributed by atoms with Crippen LogP contribution in [0.1, 0.15) is 30.1 Å². The number of imidazole rings is 1. The number of benzene rings is 2. The summed E-state index contributed by atoms with van der Waals surface area (Å²) in [6, 6.07) is 14.5. The fourth-order valence-corrected chi connectivity index (χ4v) is 4.01. The van der Waals surface area contributed by atoms with Gasteiger partial charge in [0, 0.05) is 21.9 Å². The van der Waals surface area contributed by atoms with E-state index in [1.807, 2.05) is 24.7 Å². The van der Waals surface area contributed by atoms with Gasteiger partial charge in [-0.15, -0.1) is 0 Å². The summed E-state index contributed by atoms with van der Waals surface area (Å²) in [6.07, 6.45) is 7.32. The first-order chi connectivity index (χ1) is 11.2. The van der Waals surface area contributed by atoms with E-state index in [0.29, 0.717) is 16.1 Å². The second kappa shape index (κ2) is 6.03. The minimum atomic E-state index is 0.315. The molecule has 4 rings (SSSR count). The van der Waals surface area contributed by atoms with Crippen LogP contribution in [0.5, 0.6) is 0 Å². The highest BCUT2D eigenvalue weighted by Gasteiger charge is 2.23. The van der Waals surface area contributed by atoms with Crippen LogP contribution in [0.3, 0.4) is 0 Å². The Labute approximate surface area is 145 Å². The van der Waals surface area contributed by atoms with Crippen molar-refractivity contribution >= 4 is 23.2 Å². The Morgan fingerprint density at radius 1 is 1.04 bits per heavy atom. The van der Waals surface area contributed by atoms with Gasteiger partial charge in [-0.25, -0.2) is 4.98 Å². The lowest BCUT2D eigenvalue weighted by Crippen LogP contribution is -2.18. The quantitative estimate of drug-likeness (QED) is 0.576. The number of aromatic nitrogens is 2. The molecule has 0 saturated carbocycles. The zero-order valence-electron chi connectivity index (χ0n) is 12.5. The van der Waals surface area contributed by atoms with Crippen molar-refractivity contribution in [3.63, 3.8) is 0 Å². The zero-order chi connectivity index (χ0) is 15.8. The van der Waals surface area contributed by atoms with Crippen molar-refractivity contribution in [1.82, 2.24) is 9.55 Å². The van der Waals surface area contributed by atoms with Crippen molar-refractivity contribution in [1.29, 1.82) is 0 Å². The second-order valence-electron chi connectivity index (χ2n) is 5.95. The maximum atomic E-state index is 6.20. The van der Waals surface area contributed by atoms with Crippen LogP contribution >= 0.6 is 23.2 Å². The van der Waals surface area contributed by atoms with Gasteiger partial charge in [0.1, 0.15) is 0 Å². The molecule has 1 unspecified atom stereocenters. The van der Waals surface area contributed by atoms with E-state index in [1.54, 1.807) is 6.07 Å². The molecular weight excluding hydrogens is 327 g/mol. The first-order valence-electron chi connectivity index (χ1n) is 7.78. The summed E-state index contributed by atoms with van der Waals surface area (Å²) in [6.45, 7) is 0. The molecule has 1 atom stereocenters. The number of halogens is 2. The monoisotopic (exact) mass is 342 g/mol. The van der Waals surface area contributed by atoms with Gasteiger partial charge in [-0.1, -0.05) is 47.5 Å². The van der Waals surface area contributed by atoms with E-state index in [-0.39, 0.29) is 0 Å². The number of fused-ring (bicyclic) bond motifs is 1. The molecule has 2 aromatic carbocycles. The number of hydrogen-bond donors (Lipinski definition) is 0. The van der Waals surface area contributed by atoms with Gasteiger partial charge in [-0.05, 0) is 54.2 Å². The summed E-state index contributed by atoms with van der Waals surface area (Å²) in [4.78, 5) is 4.33. The third kappa shape index (κ3) is 2.77. The molecule has 0 N–H and O–H groups in total. The summed E-state index contributed by atoms with van der Waals surface area (Å²) in [5.41, 5.74) is 4.85. The predicted molar refractivity (Wildman–Crippen MR) is 95.2 cm³/mol. The minimum absolute atomic E-state index is 0.315. The van der Waals surface area contributed by atoms with Gasteiger partial charge < -0.3 is 4.57 Å². The number of rotatable bonds is 2. The Morgan fingerprint density at radius 3 is 2.65 bits per heavy atom. The molecular formula is C19H16Cl2N2. The van der Waals surface area contributed by atoms with Crippen LogP contribution in [0.2, 0.25) is 10.0 Å². The normalized spacial score (nSPS) is 17.0. The van der Waals surface area contributed by atoms with Crippen LogP contribution in [0, 0.1) is 0 Å². The SMILES string of the molecule is Clc1cc(Cl)cc(-c2ccccc2C2CCCc3cncn32)c1. The number of hydrogen-bond acceptors (Lipinski definition) is 1. The smallest absolute Gasteiger partial charge is 0.0953 e. The fraction of sp³-hybridized carbons (Fsp3) is 0.211. The Balaban J connectivity index is 1.86. The molecule has 3 aromatic rings. The molecule has 1 aromatic heterocycles. The van der Waals surface area contributed by atoms with E-state index >= 15 is 0 Å². The molecule has 4 heteroatoms. The predicted octanol–water partition coefficient (Wildman–Crippen LogP) is 5.78. The van der Waals surface area contributed by atoms with Gasteiger partial charge in [0.05, 0.1) is 12.4 Å². The number of nitrogens with zero attached hydrogens (tertiary/aromatic N) is 2. The molecule has 23 heavy (non-hydrogen) atoms. The van der Waals surface area contributed by atoms with Crippen LogP contribution in [-0.2, 0) is 6.42 Å². The van der Waals surface area contributed by atoms with E-state index < -0.39 is 0 Å². The van der Waals surface area contributed by atoms with E-state index in [0.717, 1.165) is 18.4 Å². The molecule has 1 aliphatic rings. The fourth-order valence-electron chi connectivity index (χ4n) is 3.49. The summed E-state index contributed by atoms with van der Waals surface area (Å²) in [5.74, 6) is 0. The van der Waals surface area contributed by atoms with Crippen LogP contribution in [0.15, 0.2) is 55.0 Å². The third-order valence-electron chi connectivity index (χ3n) is 4.49. The van der Waals surface area contributed by atoms with Gasteiger partial charge in [0.15, 0.2) is 0 Å². The van der Waals surface area contributed by atoms with Gasteiger partial charge in [0.25, 0.3) is 0 Å². The molecule has 116 valence electrons. The zero-order valence-corrected chi connectivity index (χ0v) is 14.1. The van der Waals surface area contributed by atoms with Crippen molar-refractivity contribution in [2.24, 2.45) is 0 Å². The Kier molecular flexibility index (Phi) is 3.88. The average Bonchev–Trinajstić information content (AvgIpc) is 3.02. The molecule has 1 aliphatic heterocycles. The maximum absolute atomic E-state index is 6.20. The molecule has 0 fully saturated rings. The molecule has 0 aliphatic carbocycles. The van der Waals surface area contributed by atoms with E-state index in [4.69, 9.17) is 23.2 Å². The Morgan fingerprint density at radius 2 is 1.83 bits per heavy atom. The summed E-state index contributed by atoms with van der Waals surface area (Å²) < 4.78 is 2.30. The summed E-state index contributed by atoms with van der Waals surface area (Å²) in [5, 5.41) is 1.32. The van der Waals surface area contributed by atoms with Crippen molar-refractivity contribution in [2.45, 2.75) is 25.3 Å². The first kappa shape index (κ1) is 14.8. The molecule has 0 spiro atoms. The van der Waals surface area contributed by atoms with Crippen LogP contribution in [-0.4, -0.2) is 9.55 Å². The molecule has 0 radical (unpaired) electrons. The number of aryl methyl sites for hydroxylation is 1. The largest absolute Gasteiger partial charge is 0.327 e. The summed E-state index contributed by atoms with van der Waals surface area (Å²) in [7, 11) is 0. The van der Waals surface area contributed by atoms with Gasteiger partial charge in [0.2, 0.25) is 0 Å². The molecule has 2 nitrogen and oxygen atoms in total. The van der Waals surface area contributed by atoms with Crippen molar-refractivity contribution < 1.29 is 0 Å². The lowest BCUT2D eigenvalue weighted by molar-refractivity contribution is 0.458. The van der Waals surface area contributed by atoms with Gasteiger partial charge in [-0.2, -0.15) is 0 Å². The average molecular weight is 343 g/mol. The minimum Gasteiger partial charge on any atom is -0.327 e. The Hall–Kier alpha value is -1.77. The van der Waals surface area contributed by atoms with Gasteiger partial charge in [-0.3, -0.25) is 0 Å². The van der Waals surface area contributed by atoms with Crippen LogP contribution in [0.25, 0.3) is 11.1 Å². The summed E-state index contributed by atoms with van der Waals surface area (Å²) >= 11 is 12.4. The van der Waals surface area contributed by atoms with Crippen LogP contribution in [0.4, 0.5) is 0 Å². The molecule has 0 bridgehead atoms. The standard InChI is InChI=1S/C19H16Cl2N2/c20-14-8-13(9-15(21)10-14)17-5-1-2-6-18(17)19-7-3-4-16-11-22-12-23(16)19/h1-2,5-6,8-12,19H,3-4,7H2. The molecule has 2 heterocycles.